The molecule has 11 nitrogen and oxygen atoms in total. The van der Waals surface area contributed by atoms with Crippen molar-refractivity contribution in [1.29, 1.82) is 0 Å². The first-order valence-corrected chi connectivity index (χ1v) is 5.76. The van der Waals surface area contributed by atoms with Crippen molar-refractivity contribution in [3.05, 3.63) is 50.2 Å². The highest BCUT2D eigenvalue weighted by atomic mass is 16.2. The summed E-state index contributed by atoms with van der Waals surface area (Å²) in [7, 11) is 0. The Morgan fingerprint density at radius 1 is 0.857 bits per heavy atom. The maximum atomic E-state index is 11.7. The highest BCUT2D eigenvalue weighted by Gasteiger charge is 2.13. The van der Waals surface area contributed by atoms with E-state index in [1.165, 1.54) is 28.3 Å². The molecule has 0 saturated carbocycles. The quantitative estimate of drug-likeness (QED) is 0.374. The first-order chi connectivity index (χ1) is 10.1. The molecule has 0 aliphatic rings. The first-order valence-electron chi connectivity index (χ1n) is 5.76. The average Bonchev–Trinajstić information content (AvgIpc) is 3.03. The number of rotatable bonds is 1. The molecule has 104 valence electrons. The minimum absolute atomic E-state index is 0.0568. The highest BCUT2D eigenvalue weighted by Crippen LogP contribution is 2.09. The van der Waals surface area contributed by atoms with Crippen molar-refractivity contribution in [2.45, 2.75) is 0 Å². The van der Waals surface area contributed by atoms with Crippen molar-refractivity contribution < 1.29 is 0 Å². The Balaban J connectivity index is 2.15. The summed E-state index contributed by atoms with van der Waals surface area (Å²) in [6.07, 6.45) is 3.89. The van der Waals surface area contributed by atoms with Crippen LogP contribution < -0.4 is 16.8 Å². The zero-order valence-corrected chi connectivity index (χ0v) is 10.2. The molecular weight excluding hydrogens is 280 g/mol. The molecule has 0 amide bonds. The van der Waals surface area contributed by atoms with Gasteiger partial charge in [0.05, 0.1) is 6.33 Å². The van der Waals surface area contributed by atoms with E-state index in [4.69, 9.17) is 0 Å². The maximum Gasteiger partial charge on any atom is 0.327 e. The fourth-order valence-corrected chi connectivity index (χ4v) is 2.08. The predicted molar refractivity (Wildman–Crippen MR) is 69.9 cm³/mol. The molecule has 0 bridgehead atoms. The Morgan fingerprint density at radius 2 is 1.62 bits per heavy atom. The summed E-state index contributed by atoms with van der Waals surface area (Å²) in [6, 6.07) is 0. The summed E-state index contributed by atoms with van der Waals surface area (Å²) in [5.41, 5.74) is -1.04. The Hall–Kier alpha value is -3.50. The lowest BCUT2D eigenvalue weighted by atomic mass is 10.5. The second kappa shape index (κ2) is 3.75. The van der Waals surface area contributed by atoms with Crippen molar-refractivity contribution in [1.82, 2.24) is 39.3 Å². The van der Waals surface area contributed by atoms with E-state index >= 15 is 0 Å². The molecule has 0 atom stereocenters. The SMILES string of the molecule is O=c1[nH]c(=O)c2ncn(-n3cnc4c(=O)[nH]cnc43)c2[nH]1. The molecule has 4 heterocycles. The van der Waals surface area contributed by atoms with E-state index in [0.29, 0.717) is 0 Å². The van der Waals surface area contributed by atoms with Crippen molar-refractivity contribution in [3.8, 4) is 0 Å². The van der Waals surface area contributed by atoms with Gasteiger partial charge in [-0.3, -0.25) is 19.6 Å². The summed E-state index contributed by atoms with van der Waals surface area (Å²) in [6.45, 7) is 0. The Kier molecular flexibility index (Phi) is 2.03. The van der Waals surface area contributed by atoms with Gasteiger partial charge in [0.25, 0.3) is 11.1 Å². The predicted octanol–water partition coefficient (Wildman–Crippen LogP) is -1.84. The molecule has 3 N–H and O–H groups in total. The molecule has 0 radical (unpaired) electrons. The second-order valence-corrected chi connectivity index (χ2v) is 4.19. The van der Waals surface area contributed by atoms with Gasteiger partial charge < -0.3 is 4.98 Å². The summed E-state index contributed by atoms with van der Waals surface area (Å²) < 4.78 is 2.77. The Labute approximate surface area is 112 Å². The van der Waals surface area contributed by atoms with E-state index in [9.17, 15) is 14.4 Å². The lowest BCUT2D eigenvalue weighted by Gasteiger charge is -2.04. The molecule has 4 rings (SSSR count). The number of H-pyrrole nitrogens is 3. The molecule has 0 fully saturated rings. The third-order valence-corrected chi connectivity index (χ3v) is 2.98. The number of hydrogen-bond acceptors (Lipinski definition) is 6. The molecule has 0 aromatic carbocycles. The van der Waals surface area contributed by atoms with Crippen LogP contribution in [0, 0.1) is 0 Å². The summed E-state index contributed by atoms with van der Waals surface area (Å²) in [5, 5.41) is 0. The number of hydrogen-bond donors (Lipinski definition) is 3. The van der Waals surface area contributed by atoms with Gasteiger partial charge in [-0.15, -0.1) is 0 Å². The minimum atomic E-state index is -0.663. The second-order valence-electron chi connectivity index (χ2n) is 4.19. The molecule has 0 aliphatic heterocycles. The summed E-state index contributed by atoms with van der Waals surface area (Å²) in [5.74, 6) is 0. The molecule has 21 heavy (non-hydrogen) atoms. The number of imidazole rings is 2. The van der Waals surface area contributed by atoms with Crippen LogP contribution in [0.2, 0.25) is 0 Å². The van der Waals surface area contributed by atoms with Gasteiger partial charge in [0.1, 0.15) is 12.7 Å². The Bertz CT molecular complexity index is 1160. The van der Waals surface area contributed by atoms with Crippen LogP contribution in [0.25, 0.3) is 22.3 Å². The van der Waals surface area contributed by atoms with Crippen LogP contribution in [-0.2, 0) is 0 Å². The molecule has 0 aliphatic carbocycles. The number of nitrogens with one attached hydrogen (secondary N) is 3. The van der Waals surface area contributed by atoms with Gasteiger partial charge in [0.2, 0.25) is 0 Å². The van der Waals surface area contributed by atoms with Crippen molar-refractivity contribution in [2.75, 3.05) is 0 Å². The molecule has 4 aromatic rings. The summed E-state index contributed by atoms with van der Waals surface area (Å²) >= 11 is 0. The molecule has 0 spiro atoms. The van der Waals surface area contributed by atoms with Crippen LogP contribution >= 0.6 is 0 Å². The maximum absolute atomic E-state index is 11.7. The van der Waals surface area contributed by atoms with E-state index in [0.717, 1.165) is 0 Å². The summed E-state index contributed by atoms with van der Waals surface area (Å²) in [4.78, 5) is 53.5. The minimum Gasteiger partial charge on any atom is -0.311 e. The molecule has 0 saturated heterocycles. The number of aromatic nitrogens is 8. The van der Waals surface area contributed by atoms with Crippen molar-refractivity contribution in [3.63, 3.8) is 0 Å². The number of fused-ring (bicyclic) bond motifs is 2. The Morgan fingerprint density at radius 3 is 2.48 bits per heavy atom. The molecule has 0 unspecified atom stereocenters. The van der Waals surface area contributed by atoms with E-state index in [-0.39, 0.29) is 22.3 Å². The van der Waals surface area contributed by atoms with E-state index < -0.39 is 16.8 Å². The first kappa shape index (κ1) is 11.3. The fourth-order valence-electron chi connectivity index (χ4n) is 2.08. The lowest BCUT2D eigenvalue weighted by Crippen LogP contribution is -2.23. The number of aromatic amines is 3. The van der Waals surface area contributed by atoms with Crippen LogP contribution in [0.5, 0.6) is 0 Å². The van der Waals surface area contributed by atoms with Gasteiger partial charge in [-0.05, 0) is 0 Å². The van der Waals surface area contributed by atoms with Gasteiger partial charge in [-0.2, -0.15) is 0 Å². The van der Waals surface area contributed by atoms with Crippen LogP contribution in [-0.4, -0.2) is 39.3 Å². The zero-order chi connectivity index (χ0) is 14.6. The van der Waals surface area contributed by atoms with E-state index in [1.54, 1.807) is 0 Å². The fraction of sp³-hybridized carbons (Fsp3) is 0. The van der Waals surface area contributed by atoms with Crippen LogP contribution in [0.1, 0.15) is 0 Å². The average molecular weight is 286 g/mol. The largest absolute Gasteiger partial charge is 0.327 e. The smallest absolute Gasteiger partial charge is 0.311 e. The topological polar surface area (TPSA) is 147 Å². The van der Waals surface area contributed by atoms with Crippen LogP contribution in [0.15, 0.2) is 33.4 Å². The van der Waals surface area contributed by atoms with Gasteiger partial charge >= 0.3 is 5.69 Å². The monoisotopic (exact) mass is 286 g/mol. The van der Waals surface area contributed by atoms with Gasteiger partial charge in [-0.25, -0.2) is 29.1 Å². The van der Waals surface area contributed by atoms with Crippen LogP contribution in [0.3, 0.4) is 0 Å². The lowest BCUT2D eigenvalue weighted by molar-refractivity contribution is 0.686. The highest BCUT2D eigenvalue weighted by molar-refractivity contribution is 5.72. The standard InChI is InChI=1S/C10H6N8O3/c19-8-4-6(11-1-12-8)17(2-13-4)18-3-14-5-7(18)15-10(21)16-9(5)20/h1-3H,(H,11,12,19)(H2,15,16,20,21). The van der Waals surface area contributed by atoms with E-state index in [1.807, 2.05) is 0 Å². The normalized spacial score (nSPS) is 11.4. The number of nitrogens with zero attached hydrogens (tertiary/aromatic N) is 5. The van der Waals surface area contributed by atoms with Gasteiger partial charge in [-0.1, -0.05) is 0 Å². The molecular formula is C10H6N8O3. The van der Waals surface area contributed by atoms with Crippen molar-refractivity contribution >= 4 is 22.3 Å². The van der Waals surface area contributed by atoms with Gasteiger partial charge in [0, 0.05) is 0 Å². The van der Waals surface area contributed by atoms with Gasteiger partial charge in [0.15, 0.2) is 22.3 Å². The third kappa shape index (κ3) is 1.47. The van der Waals surface area contributed by atoms with E-state index in [2.05, 4.69) is 29.9 Å². The molecule has 4 aromatic heterocycles. The third-order valence-electron chi connectivity index (χ3n) is 2.98. The van der Waals surface area contributed by atoms with Crippen molar-refractivity contribution in [2.24, 2.45) is 0 Å². The zero-order valence-electron chi connectivity index (χ0n) is 10.2. The molecule has 11 heteroatoms. The van der Waals surface area contributed by atoms with Crippen LogP contribution in [0.4, 0.5) is 0 Å².